The van der Waals surface area contributed by atoms with Crippen LogP contribution in [0.3, 0.4) is 0 Å². The summed E-state index contributed by atoms with van der Waals surface area (Å²) in [6.45, 7) is 4.20. The summed E-state index contributed by atoms with van der Waals surface area (Å²) in [5.41, 5.74) is -0.306. The Kier molecular flexibility index (Phi) is 9.02. The van der Waals surface area contributed by atoms with Crippen LogP contribution in [-0.2, 0) is 0 Å². The Labute approximate surface area is 299 Å². The Bertz CT molecular complexity index is 2060. The molecule has 0 radical (unpaired) electrons. The Morgan fingerprint density at radius 2 is 1.77 bits per heavy atom. The third-order valence-electron chi connectivity index (χ3n) is 11.7. The molecule has 2 aliphatic carbocycles. The Hall–Kier alpha value is -4.41. The molecule has 5 aliphatic rings. The van der Waals surface area contributed by atoms with Gasteiger partial charge < -0.3 is 29.7 Å². The van der Waals surface area contributed by atoms with Gasteiger partial charge in [0.1, 0.15) is 40.2 Å². The predicted molar refractivity (Wildman–Crippen MR) is 190 cm³/mol. The number of aromatic nitrogens is 3. The van der Waals surface area contributed by atoms with E-state index < -0.39 is 17.8 Å². The molecule has 2 bridgehead atoms. The number of benzene rings is 2. The lowest BCUT2D eigenvalue weighted by molar-refractivity contribution is 0.158. The Morgan fingerprint density at radius 3 is 2.46 bits per heavy atom. The molecule has 0 amide bonds. The van der Waals surface area contributed by atoms with E-state index in [2.05, 4.69) is 31.0 Å². The van der Waals surface area contributed by atoms with Gasteiger partial charge in [-0.25, -0.2) is 18.2 Å². The van der Waals surface area contributed by atoms with E-state index in [0.29, 0.717) is 55.8 Å². The van der Waals surface area contributed by atoms with Gasteiger partial charge in [-0.05, 0) is 68.0 Å². The van der Waals surface area contributed by atoms with Gasteiger partial charge in [0.2, 0.25) is 5.88 Å². The standard InChI is InChI=1S/C38H39F3N6O3.CH3F/c1-3-25-28(39)8-4-20-12-24(48)13-26(30(20)25)33-32(41)34-31(36(43-33)49-2)35(47-15-22-6-7-23(16-47)42-22)45-37(44-34)50-19-38(10-11-38)18-46-14-21-5-9-29(40)27(21)17-46;1-2/h1,4,8,12-13,21-23,27,29,42,48H,5-7,9-11,14-19H2,2H3;1H3. The molecular weight excluding hydrogens is 676 g/mol. The summed E-state index contributed by atoms with van der Waals surface area (Å²) in [7, 11) is 1.95. The number of phenolic OH excluding ortho intramolecular Hbond substituents is 1. The number of aromatic hydroxyl groups is 1. The number of hydrogen-bond acceptors (Lipinski definition) is 9. The maximum absolute atomic E-state index is 17.1. The van der Waals surface area contributed by atoms with Crippen molar-refractivity contribution in [2.75, 3.05) is 58.5 Å². The number of nitrogens with zero attached hydrogens (tertiary/aromatic N) is 5. The van der Waals surface area contributed by atoms with Crippen molar-refractivity contribution in [2.24, 2.45) is 17.3 Å². The van der Waals surface area contributed by atoms with Gasteiger partial charge >= 0.3 is 6.01 Å². The highest BCUT2D eigenvalue weighted by atomic mass is 19.1. The van der Waals surface area contributed by atoms with Crippen LogP contribution in [0.2, 0.25) is 0 Å². The molecule has 2 saturated carbocycles. The van der Waals surface area contributed by atoms with Crippen molar-refractivity contribution in [1.29, 1.82) is 0 Å². The third-order valence-corrected chi connectivity index (χ3v) is 11.7. The smallest absolute Gasteiger partial charge is 0.319 e. The van der Waals surface area contributed by atoms with Crippen molar-refractivity contribution in [3.63, 3.8) is 0 Å². The number of pyridine rings is 1. The number of rotatable bonds is 8. The SMILES string of the molecule is C#Cc1c(F)ccc2cc(O)cc(-c3nc(OC)c4c(N5CC6CCC(C5)N6)nc(OCC5(CN6CC7CCC(F)C7C6)CC5)nc4c3F)c12.CF. The van der Waals surface area contributed by atoms with Gasteiger partial charge in [0, 0.05) is 67.1 Å². The lowest BCUT2D eigenvalue weighted by Crippen LogP contribution is -2.51. The van der Waals surface area contributed by atoms with Gasteiger partial charge in [-0.1, -0.05) is 12.0 Å². The van der Waals surface area contributed by atoms with E-state index >= 15 is 4.39 Å². The number of piperazine rings is 1. The third kappa shape index (κ3) is 6.03. The van der Waals surface area contributed by atoms with E-state index in [4.69, 9.17) is 20.9 Å². The fraction of sp³-hybridized carbons (Fsp3) is 0.513. The van der Waals surface area contributed by atoms with E-state index in [1.54, 1.807) is 0 Å². The van der Waals surface area contributed by atoms with Crippen LogP contribution in [0, 0.1) is 41.2 Å². The molecule has 2 aromatic heterocycles. The van der Waals surface area contributed by atoms with Crippen LogP contribution in [0.5, 0.6) is 17.6 Å². The molecule has 0 spiro atoms. The number of phenols is 1. The highest BCUT2D eigenvalue weighted by molar-refractivity contribution is 6.04. The minimum absolute atomic E-state index is 0.0426. The zero-order chi connectivity index (χ0) is 36.3. The molecule has 3 aliphatic heterocycles. The number of fused-ring (bicyclic) bond motifs is 5. The summed E-state index contributed by atoms with van der Waals surface area (Å²) >= 11 is 0. The molecule has 3 saturated heterocycles. The number of terminal acetylenes is 1. The highest BCUT2D eigenvalue weighted by Crippen LogP contribution is 2.49. The van der Waals surface area contributed by atoms with Crippen LogP contribution in [0.1, 0.15) is 44.1 Å². The highest BCUT2D eigenvalue weighted by Gasteiger charge is 2.49. The number of hydrogen-bond donors (Lipinski definition) is 2. The van der Waals surface area contributed by atoms with Crippen LogP contribution in [0.25, 0.3) is 32.9 Å². The second kappa shape index (κ2) is 13.5. The summed E-state index contributed by atoms with van der Waals surface area (Å²) in [4.78, 5) is 18.7. The summed E-state index contributed by atoms with van der Waals surface area (Å²) in [5, 5.41) is 15.3. The first kappa shape index (κ1) is 34.7. The largest absolute Gasteiger partial charge is 0.508 e. The van der Waals surface area contributed by atoms with Crippen LogP contribution in [-0.4, -0.2) is 96.8 Å². The van der Waals surface area contributed by atoms with Crippen LogP contribution >= 0.6 is 0 Å². The topological polar surface area (TPSA) is 95.9 Å². The minimum atomic E-state index is -0.794. The number of likely N-dealkylation sites (tertiary alicyclic amines) is 1. The summed E-state index contributed by atoms with van der Waals surface area (Å²) < 4.78 is 68.2. The van der Waals surface area contributed by atoms with E-state index in [9.17, 15) is 18.3 Å². The molecule has 274 valence electrons. The lowest BCUT2D eigenvalue weighted by atomic mass is 9.95. The molecule has 52 heavy (non-hydrogen) atoms. The summed E-state index contributed by atoms with van der Waals surface area (Å²) in [6.07, 6.45) is 10.7. The number of nitrogens with one attached hydrogen (secondary N) is 1. The normalized spacial score (nSPS) is 25.9. The number of halogens is 4. The van der Waals surface area contributed by atoms with Gasteiger partial charge in [0.15, 0.2) is 5.82 Å². The predicted octanol–water partition coefficient (Wildman–Crippen LogP) is 6.18. The number of ether oxygens (including phenoxy) is 2. The summed E-state index contributed by atoms with van der Waals surface area (Å²) in [6, 6.07) is 6.03. The van der Waals surface area contributed by atoms with Gasteiger partial charge in [-0.3, -0.25) is 4.39 Å². The first-order valence-corrected chi connectivity index (χ1v) is 18.0. The van der Waals surface area contributed by atoms with Gasteiger partial charge in [0.25, 0.3) is 0 Å². The fourth-order valence-corrected chi connectivity index (χ4v) is 9.08. The first-order valence-electron chi connectivity index (χ1n) is 18.0. The van der Waals surface area contributed by atoms with Crippen LogP contribution < -0.4 is 19.7 Å². The number of alkyl halides is 2. The van der Waals surface area contributed by atoms with Crippen molar-refractivity contribution < 1.29 is 32.1 Å². The molecule has 13 heteroatoms. The van der Waals surface area contributed by atoms with Gasteiger partial charge in [-0.15, -0.1) is 6.42 Å². The molecule has 4 aromatic rings. The van der Waals surface area contributed by atoms with Crippen LogP contribution in [0.4, 0.5) is 23.4 Å². The van der Waals surface area contributed by atoms with Gasteiger partial charge in [-0.2, -0.15) is 9.97 Å². The van der Waals surface area contributed by atoms with Crippen LogP contribution in [0.15, 0.2) is 24.3 Å². The zero-order valence-corrected chi connectivity index (χ0v) is 29.3. The maximum Gasteiger partial charge on any atom is 0.319 e. The molecule has 5 atom stereocenters. The van der Waals surface area contributed by atoms with Gasteiger partial charge in [0.05, 0.1) is 26.5 Å². The number of methoxy groups -OCH3 is 1. The quantitative estimate of drug-likeness (QED) is 0.164. The zero-order valence-electron chi connectivity index (χ0n) is 29.3. The fourth-order valence-electron chi connectivity index (χ4n) is 9.08. The average Bonchev–Trinajstić information content (AvgIpc) is 3.47. The molecular formula is C39H42F4N6O3. The Balaban J connectivity index is 0.00000190. The molecule has 5 unspecified atom stereocenters. The lowest BCUT2D eigenvalue weighted by Gasteiger charge is -2.34. The molecule has 2 aromatic carbocycles. The summed E-state index contributed by atoms with van der Waals surface area (Å²) in [5.74, 6) is 1.90. The van der Waals surface area contributed by atoms with Crippen molar-refractivity contribution in [2.45, 2.75) is 56.8 Å². The monoisotopic (exact) mass is 718 g/mol. The van der Waals surface area contributed by atoms with E-state index in [0.717, 1.165) is 51.7 Å². The second-order valence-corrected chi connectivity index (χ2v) is 15.0. The van der Waals surface area contributed by atoms with E-state index in [1.807, 2.05) is 0 Å². The van der Waals surface area contributed by atoms with Crippen molar-refractivity contribution in [3.8, 4) is 41.2 Å². The molecule has 9 rings (SSSR count). The average molecular weight is 719 g/mol. The van der Waals surface area contributed by atoms with E-state index in [1.165, 1.54) is 31.4 Å². The Morgan fingerprint density at radius 1 is 1.00 bits per heavy atom. The van der Waals surface area contributed by atoms with Crippen molar-refractivity contribution in [3.05, 3.63) is 41.5 Å². The molecule has 9 nitrogen and oxygen atoms in total. The number of anilines is 1. The van der Waals surface area contributed by atoms with E-state index in [-0.39, 0.29) is 68.8 Å². The molecule has 5 heterocycles. The van der Waals surface area contributed by atoms with Crippen molar-refractivity contribution in [1.82, 2.24) is 25.2 Å². The molecule has 5 fully saturated rings. The minimum Gasteiger partial charge on any atom is -0.508 e. The second-order valence-electron chi connectivity index (χ2n) is 15.0. The maximum atomic E-state index is 17.1. The molecule has 2 N–H and O–H groups in total. The first-order chi connectivity index (χ1) is 25.2. The van der Waals surface area contributed by atoms with Crippen molar-refractivity contribution >= 4 is 27.5 Å².